The summed E-state index contributed by atoms with van der Waals surface area (Å²) in [5.41, 5.74) is 5.20. The molecule has 2 aromatic heterocycles. The van der Waals surface area contributed by atoms with Crippen LogP contribution in [-0.2, 0) is 6.54 Å². The van der Waals surface area contributed by atoms with Gasteiger partial charge >= 0.3 is 0 Å². The summed E-state index contributed by atoms with van der Waals surface area (Å²) >= 11 is 1.31. The number of aryl methyl sites for hydroxylation is 2. The molecule has 0 aliphatic carbocycles. The number of fused-ring (bicyclic) bond motifs is 1. The van der Waals surface area contributed by atoms with Gasteiger partial charge in [-0.05, 0) is 57.5 Å². The van der Waals surface area contributed by atoms with E-state index >= 15 is 0 Å². The Labute approximate surface area is 192 Å². The van der Waals surface area contributed by atoms with Gasteiger partial charge in [-0.1, -0.05) is 48.5 Å². The molecule has 164 valence electrons. The summed E-state index contributed by atoms with van der Waals surface area (Å²) in [5, 5.41) is 1.08. The monoisotopic (exact) mass is 445 g/mol. The molecule has 5 nitrogen and oxygen atoms in total. The maximum Gasteiger partial charge on any atom is 0.266 e. The summed E-state index contributed by atoms with van der Waals surface area (Å²) in [6.45, 7) is 9.07. The van der Waals surface area contributed by atoms with Crippen LogP contribution in [0.2, 0.25) is 0 Å². The Morgan fingerprint density at radius 2 is 1.75 bits per heavy atom. The predicted octanol–water partition coefficient (Wildman–Crippen LogP) is 5.50. The Balaban J connectivity index is 1.72. The zero-order valence-electron chi connectivity index (χ0n) is 18.9. The van der Waals surface area contributed by atoms with Gasteiger partial charge in [0.15, 0.2) is 10.9 Å². The number of nitrogens with zero attached hydrogens (tertiary/aromatic N) is 3. The third-order valence-corrected chi connectivity index (χ3v) is 6.63. The fourth-order valence-corrected chi connectivity index (χ4v) is 4.89. The molecule has 0 aliphatic heterocycles. The number of benzene rings is 2. The van der Waals surface area contributed by atoms with Crippen molar-refractivity contribution in [3.63, 3.8) is 0 Å². The number of ketones is 1. The van der Waals surface area contributed by atoms with Crippen molar-refractivity contribution in [2.75, 3.05) is 5.75 Å². The largest absolute Gasteiger partial charge is 0.348 e. The Bertz CT molecular complexity index is 1350. The van der Waals surface area contributed by atoms with E-state index in [-0.39, 0.29) is 17.1 Å². The Morgan fingerprint density at radius 3 is 2.47 bits per heavy atom. The fourth-order valence-electron chi connectivity index (χ4n) is 3.99. The van der Waals surface area contributed by atoms with Crippen LogP contribution in [0.4, 0.5) is 0 Å². The first-order chi connectivity index (χ1) is 15.4. The zero-order valence-corrected chi connectivity index (χ0v) is 19.7. The molecule has 4 aromatic rings. The van der Waals surface area contributed by atoms with Crippen LogP contribution in [0.5, 0.6) is 0 Å². The molecular formula is C26H27N3O2S. The van der Waals surface area contributed by atoms with Crippen LogP contribution in [0, 0.1) is 20.8 Å². The van der Waals surface area contributed by atoms with Crippen molar-refractivity contribution in [1.82, 2.24) is 14.1 Å². The minimum absolute atomic E-state index is 0.0447. The van der Waals surface area contributed by atoms with Crippen LogP contribution >= 0.6 is 11.8 Å². The molecule has 4 rings (SSSR count). The molecule has 0 fully saturated rings. The summed E-state index contributed by atoms with van der Waals surface area (Å²) < 4.78 is 3.80. The van der Waals surface area contributed by atoms with Crippen LogP contribution in [0.15, 0.2) is 64.5 Å². The second kappa shape index (κ2) is 9.17. The van der Waals surface area contributed by atoms with E-state index in [1.54, 1.807) is 10.6 Å². The number of thioether (sulfide) groups is 1. The van der Waals surface area contributed by atoms with E-state index in [1.807, 2.05) is 69.3 Å². The van der Waals surface area contributed by atoms with E-state index in [9.17, 15) is 9.59 Å². The molecule has 0 saturated heterocycles. The second-order valence-electron chi connectivity index (χ2n) is 8.04. The first kappa shape index (κ1) is 22.1. The van der Waals surface area contributed by atoms with Gasteiger partial charge in [0.05, 0.1) is 22.3 Å². The standard InChI is InChI=1S/C26H27N3O2S/c1-5-14-28-18(3)15-22(19(28)4)24(30)16-32-26-27-23-9-7-6-8-21(23)25(31)29(26)20-12-10-17(2)11-13-20/h6-13,15H,5,14,16H2,1-4H3. The van der Waals surface area contributed by atoms with Crippen molar-refractivity contribution in [2.24, 2.45) is 0 Å². The van der Waals surface area contributed by atoms with Gasteiger partial charge in [-0.15, -0.1) is 0 Å². The van der Waals surface area contributed by atoms with Crippen molar-refractivity contribution in [3.05, 3.63) is 87.5 Å². The van der Waals surface area contributed by atoms with Crippen LogP contribution in [-0.4, -0.2) is 25.7 Å². The number of hydrogen-bond acceptors (Lipinski definition) is 4. The highest BCUT2D eigenvalue weighted by Gasteiger charge is 2.18. The molecule has 0 N–H and O–H groups in total. The average molecular weight is 446 g/mol. The van der Waals surface area contributed by atoms with Crippen molar-refractivity contribution in [1.29, 1.82) is 0 Å². The van der Waals surface area contributed by atoms with Gasteiger partial charge in [0.25, 0.3) is 5.56 Å². The number of carbonyl (C=O) groups is 1. The number of Topliss-reactive ketones (excluding diaryl/α,β-unsaturated/α-hetero) is 1. The molecule has 0 bridgehead atoms. The lowest BCUT2D eigenvalue weighted by Gasteiger charge is -2.13. The first-order valence-electron chi connectivity index (χ1n) is 10.8. The van der Waals surface area contributed by atoms with Crippen molar-refractivity contribution in [3.8, 4) is 5.69 Å². The van der Waals surface area contributed by atoms with E-state index in [2.05, 4.69) is 11.5 Å². The molecule has 0 spiro atoms. The molecule has 0 aliphatic rings. The molecule has 32 heavy (non-hydrogen) atoms. The Morgan fingerprint density at radius 1 is 1.03 bits per heavy atom. The maximum absolute atomic E-state index is 13.3. The smallest absolute Gasteiger partial charge is 0.266 e. The molecule has 0 radical (unpaired) electrons. The normalized spacial score (nSPS) is 11.2. The molecule has 0 saturated carbocycles. The second-order valence-corrected chi connectivity index (χ2v) is 8.98. The fraction of sp³-hybridized carbons (Fsp3) is 0.269. The summed E-state index contributed by atoms with van der Waals surface area (Å²) in [4.78, 5) is 31.2. The zero-order chi connectivity index (χ0) is 22.8. The van der Waals surface area contributed by atoms with E-state index in [0.29, 0.717) is 16.1 Å². The van der Waals surface area contributed by atoms with E-state index < -0.39 is 0 Å². The third-order valence-electron chi connectivity index (χ3n) is 5.69. The van der Waals surface area contributed by atoms with Gasteiger partial charge in [0, 0.05) is 23.5 Å². The Kier molecular flexibility index (Phi) is 6.33. The van der Waals surface area contributed by atoms with Gasteiger partial charge in [-0.3, -0.25) is 14.2 Å². The minimum Gasteiger partial charge on any atom is -0.348 e. The highest BCUT2D eigenvalue weighted by Crippen LogP contribution is 2.24. The van der Waals surface area contributed by atoms with Crippen molar-refractivity contribution < 1.29 is 4.79 Å². The molecule has 6 heteroatoms. The summed E-state index contributed by atoms with van der Waals surface area (Å²) in [5.74, 6) is 0.260. The average Bonchev–Trinajstić information content (AvgIpc) is 3.07. The van der Waals surface area contributed by atoms with Crippen LogP contribution in [0.25, 0.3) is 16.6 Å². The van der Waals surface area contributed by atoms with Crippen molar-refractivity contribution in [2.45, 2.75) is 45.8 Å². The summed E-state index contributed by atoms with van der Waals surface area (Å²) in [6, 6.07) is 17.1. The van der Waals surface area contributed by atoms with E-state index in [0.717, 1.165) is 41.2 Å². The quantitative estimate of drug-likeness (QED) is 0.214. The summed E-state index contributed by atoms with van der Waals surface area (Å²) in [7, 11) is 0. The minimum atomic E-state index is -0.129. The predicted molar refractivity (Wildman–Crippen MR) is 131 cm³/mol. The highest BCUT2D eigenvalue weighted by atomic mass is 32.2. The highest BCUT2D eigenvalue weighted by molar-refractivity contribution is 7.99. The van der Waals surface area contributed by atoms with Crippen LogP contribution in [0.3, 0.4) is 0 Å². The number of carbonyl (C=O) groups excluding carboxylic acids is 1. The van der Waals surface area contributed by atoms with Gasteiger partial charge in [-0.25, -0.2) is 4.98 Å². The lowest BCUT2D eigenvalue weighted by Crippen LogP contribution is -2.22. The van der Waals surface area contributed by atoms with Gasteiger partial charge < -0.3 is 4.57 Å². The SMILES string of the molecule is CCCn1c(C)cc(C(=O)CSc2nc3ccccc3c(=O)n2-c2ccc(C)cc2)c1C. The van der Waals surface area contributed by atoms with Gasteiger partial charge in [0.1, 0.15) is 0 Å². The van der Waals surface area contributed by atoms with Crippen LogP contribution in [0.1, 0.15) is 40.7 Å². The number of hydrogen-bond donors (Lipinski definition) is 0. The maximum atomic E-state index is 13.3. The molecule has 0 atom stereocenters. The first-order valence-corrected chi connectivity index (χ1v) is 11.8. The Hall–Kier alpha value is -3.12. The number of rotatable bonds is 7. The van der Waals surface area contributed by atoms with E-state index in [1.165, 1.54) is 11.8 Å². The lowest BCUT2D eigenvalue weighted by molar-refractivity contribution is 0.102. The molecule has 2 aromatic carbocycles. The number of para-hydroxylation sites is 1. The van der Waals surface area contributed by atoms with Crippen LogP contribution < -0.4 is 5.56 Å². The third kappa shape index (κ3) is 4.15. The number of aromatic nitrogens is 3. The van der Waals surface area contributed by atoms with Gasteiger partial charge in [0.2, 0.25) is 0 Å². The van der Waals surface area contributed by atoms with Gasteiger partial charge in [-0.2, -0.15) is 0 Å². The molecular weight excluding hydrogens is 418 g/mol. The molecule has 2 heterocycles. The topological polar surface area (TPSA) is 56.9 Å². The molecule has 0 amide bonds. The summed E-state index contributed by atoms with van der Waals surface area (Å²) in [6.07, 6.45) is 1.02. The van der Waals surface area contributed by atoms with E-state index in [4.69, 9.17) is 4.98 Å². The molecule has 0 unspecified atom stereocenters. The van der Waals surface area contributed by atoms with Crippen molar-refractivity contribution >= 4 is 28.4 Å². The lowest BCUT2D eigenvalue weighted by atomic mass is 10.2.